The van der Waals surface area contributed by atoms with Gasteiger partial charge in [0.2, 0.25) is 11.8 Å². The average Bonchev–Trinajstić information content (AvgIpc) is 2.77. The number of rotatable bonds is 3. The molecule has 0 bridgehead atoms. The van der Waals surface area contributed by atoms with E-state index in [1.807, 2.05) is 24.0 Å². The summed E-state index contributed by atoms with van der Waals surface area (Å²) in [5.74, 6) is 1.34. The topological polar surface area (TPSA) is 61.8 Å². The van der Waals surface area contributed by atoms with E-state index < -0.39 is 6.04 Å². The second kappa shape index (κ2) is 5.52. The van der Waals surface area contributed by atoms with Gasteiger partial charge in [0, 0.05) is 17.0 Å². The van der Waals surface area contributed by atoms with Crippen molar-refractivity contribution in [2.75, 3.05) is 5.75 Å². The highest BCUT2D eigenvalue weighted by Gasteiger charge is 2.37. The predicted molar refractivity (Wildman–Crippen MR) is 82.7 cm³/mol. The normalized spacial score (nSPS) is 21.1. The van der Waals surface area contributed by atoms with Crippen molar-refractivity contribution >= 4 is 35.1 Å². The number of fused-ring (bicyclic) bond motifs is 1. The lowest BCUT2D eigenvalue weighted by molar-refractivity contribution is -0.125. The van der Waals surface area contributed by atoms with Gasteiger partial charge in [0.05, 0.1) is 12.1 Å². The van der Waals surface area contributed by atoms with Gasteiger partial charge in [0.25, 0.3) is 0 Å². The van der Waals surface area contributed by atoms with E-state index in [9.17, 15) is 9.59 Å². The van der Waals surface area contributed by atoms with Crippen LogP contribution in [0.4, 0.5) is 5.69 Å². The zero-order chi connectivity index (χ0) is 15.0. The second-order valence-electron chi connectivity index (χ2n) is 5.11. The minimum Gasteiger partial charge on any atom is -0.343 e. The maximum absolute atomic E-state index is 11.9. The van der Waals surface area contributed by atoms with Gasteiger partial charge in [-0.05, 0) is 24.8 Å². The van der Waals surface area contributed by atoms with Gasteiger partial charge in [-0.1, -0.05) is 13.0 Å². The molecule has 1 saturated heterocycles. The Bertz CT molecular complexity index is 642. The molecule has 1 unspecified atom stereocenters. The van der Waals surface area contributed by atoms with E-state index in [2.05, 4.69) is 23.3 Å². The van der Waals surface area contributed by atoms with Gasteiger partial charge in [-0.3, -0.25) is 14.9 Å². The molecule has 2 aliphatic heterocycles. The van der Waals surface area contributed by atoms with Crippen LogP contribution >= 0.6 is 11.8 Å². The number of amides is 2. The summed E-state index contributed by atoms with van der Waals surface area (Å²) in [7, 11) is 0. The van der Waals surface area contributed by atoms with Gasteiger partial charge >= 0.3 is 0 Å². The van der Waals surface area contributed by atoms with Gasteiger partial charge in [0.1, 0.15) is 11.9 Å². The molecule has 0 aromatic heterocycles. The monoisotopic (exact) mass is 303 g/mol. The predicted octanol–water partition coefficient (Wildman–Crippen LogP) is 2.08. The number of nitrogens with one attached hydrogen (secondary N) is 1. The number of imide groups is 1. The lowest BCUT2D eigenvalue weighted by Gasteiger charge is -2.33. The third kappa shape index (κ3) is 2.55. The van der Waals surface area contributed by atoms with Crippen molar-refractivity contribution in [3.63, 3.8) is 0 Å². The van der Waals surface area contributed by atoms with Crippen LogP contribution in [0.5, 0.6) is 0 Å². The SMILES string of the molecule is CCSc1cccc2c1CN(C1CC(=O)NC1=O)C(C)=N2. The van der Waals surface area contributed by atoms with Crippen molar-refractivity contribution in [3.8, 4) is 0 Å². The Kier molecular flexibility index (Phi) is 3.71. The van der Waals surface area contributed by atoms with Gasteiger partial charge in [-0.25, -0.2) is 4.99 Å². The van der Waals surface area contributed by atoms with Crippen molar-refractivity contribution < 1.29 is 9.59 Å². The molecule has 0 saturated carbocycles. The first kappa shape index (κ1) is 14.1. The molecule has 3 rings (SSSR count). The molecule has 110 valence electrons. The van der Waals surface area contributed by atoms with Gasteiger partial charge in [-0.15, -0.1) is 11.8 Å². The van der Waals surface area contributed by atoms with E-state index in [0.29, 0.717) is 6.54 Å². The summed E-state index contributed by atoms with van der Waals surface area (Å²) >= 11 is 1.77. The fraction of sp³-hybridized carbons (Fsp3) is 0.400. The van der Waals surface area contributed by atoms with Crippen molar-refractivity contribution in [2.45, 2.75) is 37.8 Å². The van der Waals surface area contributed by atoms with Crippen LogP contribution in [0, 0.1) is 0 Å². The van der Waals surface area contributed by atoms with Crippen molar-refractivity contribution in [1.29, 1.82) is 0 Å². The maximum Gasteiger partial charge on any atom is 0.249 e. The molecule has 2 heterocycles. The summed E-state index contributed by atoms with van der Waals surface area (Å²) in [5, 5.41) is 2.37. The number of benzene rings is 1. The Hall–Kier alpha value is -1.82. The van der Waals surface area contributed by atoms with Gasteiger partial charge in [-0.2, -0.15) is 0 Å². The first-order valence-corrected chi connectivity index (χ1v) is 7.99. The zero-order valence-electron chi connectivity index (χ0n) is 12.0. The van der Waals surface area contributed by atoms with E-state index in [-0.39, 0.29) is 18.2 Å². The van der Waals surface area contributed by atoms with Crippen molar-refractivity contribution in [1.82, 2.24) is 10.2 Å². The number of aliphatic imine (C=N–C) groups is 1. The summed E-state index contributed by atoms with van der Waals surface area (Å²) in [6.45, 7) is 4.63. The number of amidine groups is 1. The van der Waals surface area contributed by atoms with E-state index in [1.165, 1.54) is 4.90 Å². The highest BCUT2D eigenvalue weighted by Crippen LogP contribution is 2.35. The Morgan fingerprint density at radius 1 is 1.43 bits per heavy atom. The molecule has 0 radical (unpaired) electrons. The largest absolute Gasteiger partial charge is 0.343 e. The maximum atomic E-state index is 11.9. The minimum atomic E-state index is -0.436. The summed E-state index contributed by atoms with van der Waals surface area (Å²) in [6, 6.07) is 5.65. The van der Waals surface area contributed by atoms with Crippen molar-refractivity contribution in [2.24, 2.45) is 4.99 Å². The molecule has 1 fully saturated rings. The van der Waals surface area contributed by atoms with Gasteiger partial charge in [0.15, 0.2) is 0 Å². The first-order valence-electron chi connectivity index (χ1n) is 7.00. The van der Waals surface area contributed by atoms with Crippen LogP contribution in [-0.2, 0) is 16.1 Å². The molecule has 5 nitrogen and oxygen atoms in total. The number of hydrogen-bond acceptors (Lipinski definition) is 5. The molecule has 0 aliphatic carbocycles. The van der Waals surface area contributed by atoms with Crippen LogP contribution in [0.3, 0.4) is 0 Å². The standard InChI is InChI=1S/C15H17N3O2S/c1-3-21-13-6-4-5-11-10(13)8-18(9(2)16-11)12-7-14(19)17-15(12)20/h4-6,12H,3,7-8H2,1-2H3,(H,17,19,20). The Morgan fingerprint density at radius 3 is 2.90 bits per heavy atom. The number of carbonyl (C=O) groups excluding carboxylic acids is 2. The molecular formula is C15H17N3O2S. The van der Waals surface area contributed by atoms with Crippen LogP contribution < -0.4 is 5.32 Å². The fourth-order valence-electron chi connectivity index (χ4n) is 2.76. The number of carbonyl (C=O) groups is 2. The summed E-state index contributed by atoms with van der Waals surface area (Å²) < 4.78 is 0. The third-order valence-electron chi connectivity index (χ3n) is 3.75. The second-order valence-corrected chi connectivity index (χ2v) is 6.41. The van der Waals surface area contributed by atoms with Crippen LogP contribution in [0.2, 0.25) is 0 Å². The molecule has 2 aliphatic rings. The van der Waals surface area contributed by atoms with Crippen LogP contribution in [-0.4, -0.2) is 34.3 Å². The molecule has 1 atom stereocenters. The summed E-state index contributed by atoms with van der Waals surface area (Å²) in [5.41, 5.74) is 2.11. The van der Waals surface area contributed by atoms with E-state index >= 15 is 0 Å². The quantitative estimate of drug-likeness (QED) is 0.686. The number of hydrogen-bond donors (Lipinski definition) is 1. The fourth-order valence-corrected chi connectivity index (χ4v) is 3.59. The van der Waals surface area contributed by atoms with E-state index in [4.69, 9.17) is 0 Å². The zero-order valence-corrected chi connectivity index (χ0v) is 12.9. The van der Waals surface area contributed by atoms with E-state index in [1.54, 1.807) is 11.8 Å². The molecule has 2 amide bonds. The molecule has 21 heavy (non-hydrogen) atoms. The molecule has 1 aromatic carbocycles. The summed E-state index contributed by atoms with van der Waals surface area (Å²) in [4.78, 5) is 31.1. The van der Waals surface area contributed by atoms with Crippen molar-refractivity contribution in [3.05, 3.63) is 23.8 Å². The Morgan fingerprint density at radius 2 is 2.24 bits per heavy atom. The third-order valence-corrected chi connectivity index (χ3v) is 4.74. The molecule has 1 aromatic rings. The van der Waals surface area contributed by atoms with Crippen LogP contribution in [0.15, 0.2) is 28.1 Å². The number of thioether (sulfide) groups is 1. The van der Waals surface area contributed by atoms with E-state index in [0.717, 1.165) is 22.8 Å². The molecular weight excluding hydrogens is 286 g/mol. The van der Waals surface area contributed by atoms with Crippen LogP contribution in [0.1, 0.15) is 25.8 Å². The molecule has 6 heteroatoms. The smallest absolute Gasteiger partial charge is 0.249 e. The highest BCUT2D eigenvalue weighted by atomic mass is 32.2. The summed E-state index contributed by atoms with van der Waals surface area (Å²) in [6.07, 6.45) is 0.212. The average molecular weight is 303 g/mol. The number of nitrogens with zero attached hydrogens (tertiary/aromatic N) is 2. The Labute approximate surface area is 127 Å². The minimum absolute atomic E-state index is 0.209. The van der Waals surface area contributed by atoms with Gasteiger partial charge < -0.3 is 4.90 Å². The first-order chi connectivity index (χ1) is 10.1. The van der Waals surface area contributed by atoms with Crippen LogP contribution in [0.25, 0.3) is 0 Å². The Balaban J connectivity index is 1.95. The molecule has 0 spiro atoms. The molecule has 1 N–H and O–H groups in total. The lowest BCUT2D eigenvalue weighted by Crippen LogP contribution is -2.44. The lowest BCUT2D eigenvalue weighted by atomic mass is 10.1. The highest BCUT2D eigenvalue weighted by molar-refractivity contribution is 7.99.